The van der Waals surface area contributed by atoms with Crippen molar-refractivity contribution in [3.8, 4) is 11.1 Å². The van der Waals surface area contributed by atoms with Gasteiger partial charge in [0.05, 0.1) is 0 Å². The van der Waals surface area contributed by atoms with Gasteiger partial charge in [-0.05, 0) is 63.9 Å². The summed E-state index contributed by atoms with van der Waals surface area (Å²) in [5.41, 5.74) is 8.35. The third-order valence-corrected chi connectivity index (χ3v) is 4.71. The van der Waals surface area contributed by atoms with E-state index in [1.54, 1.807) is 0 Å². The molecular formula is C21H18. The molecule has 0 atom stereocenters. The molecule has 1 aliphatic carbocycles. The molecule has 0 unspecified atom stereocenters. The van der Waals surface area contributed by atoms with Crippen LogP contribution in [-0.4, -0.2) is 0 Å². The van der Waals surface area contributed by atoms with E-state index in [1.807, 2.05) is 6.08 Å². The third kappa shape index (κ3) is 1.76. The molecule has 0 aromatic heterocycles. The highest BCUT2D eigenvalue weighted by Crippen LogP contribution is 2.40. The minimum absolute atomic E-state index is 1.12. The minimum atomic E-state index is 1.12. The fraction of sp³-hybridized carbons (Fsp3) is 0.143. The lowest BCUT2D eigenvalue weighted by Gasteiger charge is -2.24. The second-order valence-electron chi connectivity index (χ2n) is 5.85. The van der Waals surface area contributed by atoms with Gasteiger partial charge in [0.2, 0.25) is 0 Å². The molecule has 0 heteroatoms. The Kier molecular flexibility index (Phi) is 2.71. The highest BCUT2D eigenvalue weighted by molar-refractivity contribution is 5.95. The van der Waals surface area contributed by atoms with E-state index < -0.39 is 0 Å². The van der Waals surface area contributed by atoms with Crippen LogP contribution in [0, 0.1) is 6.92 Å². The van der Waals surface area contributed by atoms with E-state index in [2.05, 4.69) is 62.0 Å². The van der Waals surface area contributed by atoms with Crippen LogP contribution in [0.4, 0.5) is 0 Å². The molecule has 0 spiro atoms. The average molecular weight is 270 g/mol. The quantitative estimate of drug-likeness (QED) is 0.543. The first-order valence-corrected chi connectivity index (χ1v) is 7.55. The molecule has 0 radical (unpaired) electrons. The lowest BCUT2D eigenvalue weighted by Crippen LogP contribution is -2.07. The number of rotatable bonds is 1. The molecule has 0 aliphatic heterocycles. The van der Waals surface area contributed by atoms with E-state index in [0.717, 1.165) is 12.8 Å². The van der Waals surface area contributed by atoms with Gasteiger partial charge in [0.1, 0.15) is 0 Å². The minimum Gasteiger partial charge on any atom is -0.0984 e. The summed E-state index contributed by atoms with van der Waals surface area (Å²) in [5, 5.41) is 2.74. The van der Waals surface area contributed by atoms with Gasteiger partial charge in [-0.25, -0.2) is 0 Å². The Bertz CT molecular complexity index is 869. The first-order valence-electron chi connectivity index (χ1n) is 7.55. The van der Waals surface area contributed by atoms with Gasteiger partial charge >= 0.3 is 0 Å². The number of hydrogen-bond acceptors (Lipinski definition) is 0. The van der Waals surface area contributed by atoms with Crippen molar-refractivity contribution in [3.05, 3.63) is 77.4 Å². The summed E-state index contributed by atoms with van der Waals surface area (Å²) in [6, 6.07) is 17.8. The summed E-state index contributed by atoms with van der Waals surface area (Å²) in [4.78, 5) is 0. The zero-order valence-electron chi connectivity index (χ0n) is 12.3. The van der Waals surface area contributed by atoms with E-state index in [-0.39, 0.29) is 0 Å². The zero-order valence-corrected chi connectivity index (χ0v) is 12.3. The van der Waals surface area contributed by atoms with Crippen molar-refractivity contribution >= 4 is 16.8 Å². The Morgan fingerprint density at radius 2 is 1.81 bits per heavy atom. The van der Waals surface area contributed by atoms with Crippen molar-refractivity contribution in [2.45, 2.75) is 19.8 Å². The highest BCUT2D eigenvalue weighted by atomic mass is 14.2. The summed E-state index contributed by atoms with van der Waals surface area (Å²) >= 11 is 0. The lowest BCUT2D eigenvalue weighted by molar-refractivity contribution is 0.949. The van der Waals surface area contributed by atoms with Crippen molar-refractivity contribution in [1.29, 1.82) is 0 Å². The largest absolute Gasteiger partial charge is 0.0984 e. The summed E-state index contributed by atoms with van der Waals surface area (Å²) in [5.74, 6) is 0. The Morgan fingerprint density at radius 3 is 2.67 bits per heavy atom. The predicted molar refractivity (Wildman–Crippen MR) is 91.6 cm³/mol. The van der Waals surface area contributed by atoms with Crippen LogP contribution in [0.15, 0.2) is 55.1 Å². The molecule has 3 aromatic rings. The Balaban J connectivity index is 2.11. The van der Waals surface area contributed by atoms with E-state index in [0.29, 0.717) is 0 Å². The van der Waals surface area contributed by atoms with E-state index in [4.69, 9.17) is 0 Å². The standard InChI is InChI=1S/C21H18/c1-3-17-14(2)8-9-16-11-12-19-18-7-5-4-6-15(18)10-13-20(19)21(16)17/h3-10,13H,1,11-12H2,2H3. The number of hydrogen-bond donors (Lipinski definition) is 0. The number of fused-ring (bicyclic) bond motifs is 5. The van der Waals surface area contributed by atoms with Crippen LogP contribution in [-0.2, 0) is 12.8 Å². The highest BCUT2D eigenvalue weighted by Gasteiger charge is 2.20. The normalized spacial score (nSPS) is 12.8. The van der Waals surface area contributed by atoms with Crippen molar-refractivity contribution < 1.29 is 0 Å². The number of benzene rings is 3. The molecular weight excluding hydrogens is 252 g/mol. The van der Waals surface area contributed by atoms with Crippen LogP contribution in [0.2, 0.25) is 0 Å². The lowest BCUT2D eigenvalue weighted by atomic mass is 9.80. The SMILES string of the molecule is C=Cc1c(C)ccc2c1-c1ccc3ccccc3c1CC2. The molecule has 0 bridgehead atoms. The van der Waals surface area contributed by atoms with Gasteiger partial charge in [-0.2, -0.15) is 0 Å². The molecule has 0 fully saturated rings. The fourth-order valence-corrected chi connectivity index (χ4v) is 3.66. The first kappa shape index (κ1) is 12.4. The van der Waals surface area contributed by atoms with Gasteiger partial charge in [-0.3, -0.25) is 0 Å². The molecule has 3 aromatic carbocycles. The molecule has 0 N–H and O–H groups in total. The van der Waals surface area contributed by atoms with Crippen LogP contribution in [0.5, 0.6) is 0 Å². The van der Waals surface area contributed by atoms with Gasteiger partial charge in [0.25, 0.3) is 0 Å². The molecule has 102 valence electrons. The maximum atomic E-state index is 4.04. The van der Waals surface area contributed by atoms with Gasteiger partial charge in [0.15, 0.2) is 0 Å². The van der Waals surface area contributed by atoms with Crippen molar-refractivity contribution in [2.75, 3.05) is 0 Å². The molecule has 1 aliphatic rings. The van der Waals surface area contributed by atoms with E-state index in [1.165, 1.54) is 44.2 Å². The summed E-state index contributed by atoms with van der Waals surface area (Å²) in [6.07, 6.45) is 4.26. The van der Waals surface area contributed by atoms with E-state index >= 15 is 0 Å². The second-order valence-corrected chi connectivity index (χ2v) is 5.85. The van der Waals surface area contributed by atoms with Crippen molar-refractivity contribution in [1.82, 2.24) is 0 Å². The molecule has 21 heavy (non-hydrogen) atoms. The first-order chi connectivity index (χ1) is 10.3. The smallest absolute Gasteiger partial charge is 0.00738 e. The van der Waals surface area contributed by atoms with Crippen LogP contribution in [0.25, 0.3) is 28.0 Å². The van der Waals surface area contributed by atoms with Gasteiger partial charge in [-0.15, -0.1) is 0 Å². The Morgan fingerprint density at radius 1 is 0.952 bits per heavy atom. The van der Waals surface area contributed by atoms with Crippen LogP contribution in [0.3, 0.4) is 0 Å². The average Bonchev–Trinajstić information content (AvgIpc) is 2.54. The topological polar surface area (TPSA) is 0 Å². The van der Waals surface area contributed by atoms with Gasteiger partial charge in [0, 0.05) is 0 Å². The summed E-state index contributed by atoms with van der Waals surface area (Å²) in [7, 11) is 0. The van der Waals surface area contributed by atoms with Crippen molar-refractivity contribution in [3.63, 3.8) is 0 Å². The Labute approximate surface area is 125 Å². The maximum Gasteiger partial charge on any atom is -0.00738 e. The molecule has 0 heterocycles. The zero-order chi connectivity index (χ0) is 14.4. The van der Waals surface area contributed by atoms with Gasteiger partial charge < -0.3 is 0 Å². The monoisotopic (exact) mass is 270 g/mol. The molecule has 0 saturated carbocycles. The molecule has 0 saturated heterocycles. The summed E-state index contributed by atoms with van der Waals surface area (Å²) < 4.78 is 0. The third-order valence-electron chi connectivity index (χ3n) is 4.71. The van der Waals surface area contributed by atoms with Crippen molar-refractivity contribution in [2.24, 2.45) is 0 Å². The summed E-state index contributed by atoms with van der Waals surface area (Å²) in [6.45, 7) is 6.21. The van der Waals surface area contributed by atoms with Crippen LogP contribution >= 0.6 is 0 Å². The second kappa shape index (κ2) is 4.60. The molecule has 0 amide bonds. The van der Waals surface area contributed by atoms with E-state index in [9.17, 15) is 0 Å². The molecule has 0 nitrogen and oxygen atoms in total. The van der Waals surface area contributed by atoms with Gasteiger partial charge in [-0.1, -0.05) is 61.2 Å². The Hall–Kier alpha value is -2.34. The predicted octanol–water partition coefficient (Wildman–Crippen LogP) is 5.56. The maximum absolute atomic E-state index is 4.04. The fourth-order valence-electron chi connectivity index (χ4n) is 3.66. The van der Waals surface area contributed by atoms with Crippen LogP contribution < -0.4 is 0 Å². The number of aryl methyl sites for hydroxylation is 3. The van der Waals surface area contributed by atoms with Crippen LogP contribution in [0.1, 0.15) is 22.3 Å². The molecule has 4 rings (SSSR count).